The number of hydrogen-bond donors (Lipinski definition) is 0. The number of benzene rings is 8. The first-order valence-corrected chi connectivity index (χ1v) is 17.7. The molecule has 0 aliphatic rings. The third kappa shape index (κ3) is 3.97. The molecule has 0 saturated heterocycles. The minimum atomic E-state index is 0.909. The molecule has 3 heterocycles. The summed E-state index contributed by atoms with van der Waals surface area (Å²) >= 11 is 1.85. The van der Waals surface area contributed by atoms with Gasteiger partial charge in [-0.05, 0) is 84.2 Å². The minimum Gasteiger partial charge on any atom is -0.455 e. The fourth-order valence-electron chi connectivity index (χ4n) is 7.95. The highest BCUT2D eigenvalue weighted by Gasteiger charge is 2.21. The molecule has 11 rings (SSSR count). The van der Waals surface area contributed by atoms with Gasteiger partial charge >= 0.3 is 0 Å². The Labute approximate surface area is 291 Å². The Morgan fingerprint density at radius 1 is 0.460 bits per heavy atom. The molecule has 0 N–H and O–H groups in total. The van der Waals surface area contributed by atoms with Gasteiger partial charge in [-0.2, -0.15) is 0 Å². The van der Waals surface area contributed by atoms with Gasteiger partial charge in [0.1, 0.15) is 11.2 Å². The second-order valence-electron chi connectivity index (χ2n) is 12.9. The van der Waals surface area contributed by atoms with Crippen LogP contribution in [0.25, 0.3) is 80.4 Å². The van der Waals surface area contributed by atoms with Gasteiger partial charge in [0.05, 0.1) is 16.7 Å². The maximum atomic E-state index is 6.56. The van der Waals surface area contributed by atoms with Gasteiger partial charge in [0.25, 0.3) is 0 Å². The average molecular weight is 657 g/mol. The second-order valence-corrected chi connectivity index (χ2v) is 14.0. The van der Waals surface area contributed by atoms with Crippen LogP contribution in [0.1, 0.15) is 0 Å². The third-order valence-electron chi connectivity index (χ3n) is 10.2. The molecule has 0 spiro atoms. The molecule has 0 unspecified atom stereocenters. The molecule has 0 bridgehead atoms. The van der Waals surface area contributed by atoms with Crippen LogP contribution in [0.5, 0.6) is 0 Å². The summed E-state index contributed by atoms with van der Waals surface area (Å²) in [5.74, 6) is 0. The highest BCUT2D eigenvalue weighted by molar-refractivity contribution is 7.26. The topological polar surface area (TPSA) is 21.3 Å². The lowest BCUT2D eigenvalue weighted by molar-refractivity contribution is 0.672. The lowest BCUT2D eigenvalue weighted by atomic mass is 10.0. The van der Waals surface area contributed by atoms with Crippen molar-refractivity contribution >= 4 is 103 Å². The lowest BCUT2D eigenvalue weighted by Crippen LogP contribution is -2.10. The molecule has 4 heteroatoms. The number of rotatable bonds is 4. The van der Waals surface area contributed by atoms with Crippen LogP contribution in [-0.2, 0) is 0 Å². The Morgan fingerprint density at radius 3 is 2.04 bits per heavy atom. The normalized spacial score (nSPS) is 12.0. The van der Waals surface area contributed by atoms with Crippen molar-refractivity contribution in [3.8, 4) is 5.69 Å². The summed E-state index contributed by atoms with van der Waals surface area (Å²) in [4.78, 5) is 2.44. The maximum Gasteiger partial charge on any atom is 0.143 e. The molecule has 0 fully saturated rings. The standard InChI is InChI=1S/C46H28N2OS/c1-2-11-30(12-3-1)48-39-16-7-4-13-33(39)38-28-32(24-26-40(38)48)47(41-17-10-20-44-45(41)36-15-6-9-19-43(36)50-44)31-23-21-29-22-25-35-34-14-5-8-18-42(34)49-46(35)37(29)27-31/h1-28H. The Kier molecular flexibility index (Phi) is 5.83. The van der Waals surface area contributed by atoms with Gasteiger partial charge < -0.3 is 13.9 Å². The van der Waals surface area contributed by atoms with E-state index in [1.165, 1.54) is 42.0 Å². The van der Waals surface area contributed by atoms with Gasteiger partial charge in [-0.15, -0.1) is 11.3 Å². The molecule has 0 amide bonds. The van der Waals surface area contributed by atoms with Crippen LogP contribution < -0.4 is 4.90 Å². The Bertz CT molecular complexity index is 3110. The Balaban J connectivity index is 1.22. The number of thiophene rings is 1. The molecular weight excluding hydrogens is 629 g/mol. The van der Waals surface area contributed by atoms with E-state index in [0.717, 1.165) is 55.5 Å². The third-order valence-corrected chi connectivity index (χ3v) is 11.3. The zero-order valence-corrected chi connectivity index (χ0v) is 27.7. The van der Waals surface area contributed by atoms with E-state index in [1.54, 1.807) is 0 Å². The summed E-state index contributed by atoms with van der Waals surface area (Å²) in [6.07, 6.45) is 0. The van der Waals surface area contributed by atoms with Crippen LogP contribution in [-0.4, -0.2) is 4.57 Å². The second kappa shape index (κ2) is 10.6. The van der Waals surface area contributed by atoms with Crippen LogP contribution in [0, 0.1) is 0 Å². The predicted molar refractivity (Wildman–Crippen MR) is 213 cm³/mol. The number of aromatic nitrogens is 1. The number of nitrogens with zero attached hydrogens (tertiary/aromatic N) is 2. The Morgan fingerprint density at radius 2 is 1.14 bits per heavy atom. The average Bonchev–Trinajstić information content (AvgIpc) is 3.85. The van der Waals surface area contributed by atoms with E-state index in [9.17, 15) is 0 Å². The number of para-hydroxylation sites is 3. The van der Waals surface area contributed by atoms with Gasteiger partial charge in [-0.25, -0.2) is 0 Å². The van der Waals surface area contributed by atoms with E-state index in [-0.39, 0.29) is 0 Å². The molecule has 0 radical (unpaired) electrons. The van der Waals surface area contributed by atoms with Crippen molar-refractivity contribution in [1.29, 1.82) is 0 Å². The Hall–Kier alpha value is -6.36. The predicted octanol–water partition coefficient (Wildman–Crippen LogP) is 13.7. The van der Waals surface area contributed by atoms with E-state index in [2.05, 4.69) is 173 Å². The molecular formula is C46H28N2OS. The fraction of sp³-hybridized carbons (Fsp3) is 0. The highest BCUT2D eigenvalue weighted by atomic mass is 32.1. The number of hydrogen-bond acceptors (Lipinski definition) is 3. The summed E-state index contributed by atoms with van der Waals surface area (Å²) in [6, 6.07) is 61.3. The van der Waals surface area contributed by atoms with Crippen LogP contribution in [0.3, 0.4) is 0 Å². The molecule has 3 aromatic heterocycles. The summed E-state index contributed by atoms with van der Waals surface area (Å²) in [7, 11) is 0. The van der Waals surface area contributed by atoms with Gasteiger partial charge in [0, 0.05) is 64.2 Å². The first-order valence-electron chi connectivity index (χ1n) is 16.9. The molecule has 8 aromatic carbocycles. The van der Waals surface area contributed by atoms with E-state index >= 15 is 0 Å². The fourth-order valence-corrected chi connectivity index (χ4v) is 9.08. The van der Waals surface area contributed by atoms with Gasteiger partial charge in [0.15, 0.2) is 0 Å². The minimum absolute atomic E-state index is 0.909. The van der Waals surface area contributed by atoms with Gasteiger partial charge in [0.2, 0.25) is 0 Å². The molecule has 50 heavy (non-hydrogen) atoms. The van der Waals surface area contributed by atoms with Crippen LogP contribution >= 0.6 is 11.3 Å². The zero-order chi connectivity index (χ0) is 32.8. The van der Waals surface area contributed by atoms with Crippen molar-refractivity contribution < 1.29 is 4.42 Å². The van der Waals surface area contributed by atoms with Crippen molar-refractivity contribution in [3.05, 3.63) is 170 Å². The quantitative estimate of drug-likeness (QED) is 0.188. The molecule has 234 valence electrons. The molecule has 0 aliphatic carbocycles. The molecule has 0 atom stereocenters. The smallest absolute Gasteiger partial charge is 0.143 e. The highest BCUT2D eigenvalue weighted by Crippen LogP contribution is 2.47. The maximum absolute atomic E-state index is 6.56. The van der Waals surface area contributed by atoms with Crippen LogP contribution in [0.4, 0.5) is 17.1 Å². The summed E-state index contributed by atoms with van der Waals surface area (Å²) in [6.45, 7) is 0. The van der Waals surface area contributed by atoms with Crippen molar-refractivity contribution in [1.82, 2.24) is 4.57 Å². The van der Waals surface area contributed by atoms with Crippen molar-refractivity contribution in [2.45, 2.75) is 0 Å². The molecule has 0 saturated carbocycles. The molecule has 0 aliphatic heterocycles. The zero-order valence-electron chi connectivity index (χ0n) is 26.9. The van der Waals surface area contributed by atoms with Gasteiger partial charge in [-0.1, -0.05) is 91.0 Å². The summed E-state index contributed by atoms with van der Waals surface area (Å²) < 4.78 is 11.5. The van der Waals surface area contributed by atoms with Crippen molar-refractivity contribution in [2.24, 2.45) is 0 Å². The summed E-state index contributed by atoms with van der Waals surface area (Å²) in [5.41, 5.74) is 8.71. The summed E-state index contributed by atoms with van der Waals surface area (Å²) in [5, 5.41) is 9.52. The number of fused-ring (bicyclic) bond motifs is 11. The monoisotopic (exact) mass is 656 g/mol. The van der Waals surface area contributed by atoms with Crippen LogP contribution in [0.2, 0.25) is 0 Å². The lowest BCUT2D eigenvalue weighted by Gasteiger charge is -2.27. The number of anilines is 3. The van der Waals surface area contributed by atoms with Gasteiger partial charge in [-0.3, -0.25) is 0 Å². The first-order chi connectivity index (χ1) is 24.8. The van der Waals surface area contributed by atoms with Crippen LogP contribution in [0.15, 0.2) is 174 Å². The molecule has 3 nitrogen and oxygen atoms in total. The largest absolute Gasteiger partial charge is 0.455 e. The van der Waals surface area contributed by atoms with Crippen molar-refractivity contribution in [3.63, 3.8) is 0 Å². The first kappa shape index (κ1) is 27.6. The van der Waals surface area contributed by atoms with E-state index in [0.29, 0.717) is 0 Å². The SMILES string of the molecule is c1ccc(-n2c3ccccc3c3cc(N(c4ccc5ccc6c7ccccc7oc6c5c4)c4cccc5sc6ccccc6c45)ccc32)cc1. The van der Waals surface area contributed by atoms with E-state index in [4.69, 9.17) is 4.42 Å². The van der Waals surface area contributed by atoms with E-state index in [1.807, 2.05) is 17.4 Å². The van der Waals surface area contributed by atoms with E-state index < -0.39 is 0 Å². The van der Waals surface area contributed by atoms with Crippen molar-refractivity contribution in [2.75, 3.05) is 4.90 Å². The molecule has 11 aromatic rings. The number of furan rings is 1.